The van der Waals surface area contributed by atoms with Crippen molar-refractivity contribution in [2.75, 3.05) is 12.4 Å². The molecule has 0 spiro atoms. The van der Waals surface area contributed by atoms with Gasteiger partial charge in [-0.1, -0.05) is 38.6 Å². The van der Waals surface area contributed by atoms with Crippen LogP contribution in [0, 0.1) is 0 Å². The quantitative estimate of drug-likeness (QED) is 0.741. The molecule has 0 aliphatic carbocycles. The van der Waals surface area contributed by atoms with Crippen molar-refractivity contribution in [1.29, 1.82) is 0 Å². The molecule has 1 rings (SSSR count). The molecule has 0 aromatic heterocycles. The molecule has 0 heterocycles. The molecule has 1 heteroatoms. The molecule has 0 atom stereocenters. The van der Waals surface area contributed by atoms with Crippen molar-refractivity contribution in [2.45, 2.75) is 19.8 Å². The molecule has 0 saturated heterocycles. The van der Waals surface area contributed by atoms with Crippen LogP contribution in [0.25, 0.3) is 6.08 Å². The minimum Gasteiger partial charge on any atom is -0.388 e. The van der Waals surface area contributed by atoms with Crippen molar-refractivity contribution in [1.82, 2.24) is 0 Å². The molecule has 0 bridgehead atoms. The zero-order chi connectivity index (χ0) is 9.84. The summed E-state index contributed by atoms with van der Waals surface area (Å²) in [4.78, 5) is 0. The van der Waals surface area contributed by atoms with Gasteiger partial charge in [0.25, 0.3) is 0 Å². The first kappa shape index (κ1) is 9.85. The fourth-order valence-corrected chi connectivity index (χ4v) is 1.33. The van der Waals surface area contributed by atoms with Gasteiger partial charge in [-0.25, -0.2) is 0 Å². The molecular weight excluding hydrogens is 158 g/mol. The second-order valence-corrected chi connectivity index (χ2v) is 3.46. The molecule has 0 unspecified atom stereocenters. The molecule has 72 valence electrons. The Morgan fingerprint density at radius 2 is 2.15 bits per heavy atom. The van der Waals surface area contributed by atoms with Gasteiger partial charge in [0.05, 0.1) is 0 Å². The Morgan fingerprint density at radius 3 is 2.62 bits per heavy atom. The lowest BCUT2D eigenvalue weighted by Crippen LogP contribution is -1.94. The summed E-state index contributed by atoms with van der Waals surface area (Å²) in [6.45, 7) is 8.17. The van der Waals surface area contributed by atoms with Gasteiger partial charge in [-0.2, -0.15) is 0 Å². The molecule has 13 heavy (non-hydrogen) atoms. The maximum atomic E-state index is 3.77. The van der Waals surface area contributed by atoms with Crippen molar-refractivity contribution in [2.24, 2.45) is 0 Å². The van der Waals surface area contributed by atoms with Crippen molar-refractivity contribution >= 4 is 11.8 Å². The van der Waals surface area contributed by atoms with Crippen LogP contribution >= 0.6 is 0 Å². The maximum Gasteiger partial charge on any atom is 0.0413 e. The average molecular weight is 177 g/mol. The van der Waals surface area contributed by atoms with E-state index in [1.54, 1.807) is 0 Å². The van der Waals surface area contributed by atoms with Crippen LogP contribution in [0.15, 0.2) is 24.8 Å². The fourth-order valence-electron chi connectivity index (χ4n) is 1.33. The van der Waals surface area contributed by atoms with Crippen molar-refractivity contribution in [3.8, 4) is 0 Å². The second kappa shape index (κ2) is 4.13. The Bertz CT molecular complexity index is 305. The van der Waals surface area contributed by atoms with Crippen LogP contribution in [0.2, 0.25) is 0 Å². The van der Waals surface area contributed by atoms with E-state index in [0.717, 1.165) is 11.3 Å². The number of hydrogen-bond acceptors (Lipinski definition) is 1. The number of anilines is 1. The normalized spacial score (nSPS) is 10.2. The first-order valence-corrected chi connectivity index (χ1v) is 4.63. The van der Waals surface area contributed by atoms with Crippen LogP contribution in [0.1, 0.15) is 32.3 Å². The van der Waals surface area contributed by atoms with Crippen molar-refractivity contribution in [3.63, 3.8) is 0 Å². The van der Waals surface area contributed by atoms with E-state index in [1.807, 2.05) is 13.1 Å². The fraction of sp³-hybridized carbons (Fsp3) is 0.333. The first-order chi connectivity index (χ1) is 6.19. The highest BCUT2D eigenvalue weighted by atomic mass is 14.8. The van der Waals surface area contributed by atoms with Gasteiger partial charge in [0.1, 0.15) is 0 Å². The number of hydrogen-bond donors (Lipinski definition) is 1. The van der Waals surface area contributed by atoms with E-state index < -0.39 is 0 Å². The zero-order valence-corrected chi connectivity index (χ0v) is 8.59. The van der Waals surface area contributed by atoms with Crippen molar-refractivity contribution in [3.05, 3.63) is 35.9 Å². The summed E-state index contributed by atoms with van der Waals surface area (Å²) in [6, 6.07) is 6.44. The molecule has 0 radical (unpaired) electrons. The van der Waals surface area contributed by atoms with E-state index in [1.165, 1.54) is 5.56 Å². The third-order valence-electron chi connectivity index (χ3n) is 2.23. The smallest absolute Gasteiger partial charge is 0.0413 e. The molecule has 1 aromatic rings. The molecule has 0 aliphatic heterocycles. The van der Waals surface area contributed by atoms with E-state index in [4.69, 9.17) is 0 Å². The summed E-state index contributed by atoms with van der Waals surface area (Å²) in [5.41, 5.74) is 3.67. The predicted octanol–water partition coefficient (Wildman–Crippen LogP) is 3.74. The monoisotopic (exact) mass is 177 g/mol. The van der Waals surface area contributed by atoms with Crippen LogP contribution in [0.3, 0.4) is 0 Å². The van der Waals surface area contributed by atoms with Crippen molar-refractivity contribution < 1.29 is 1.43 Å². The highest BCUT2D eigenvalue weighted by molar-refractivity contribution is 5.66. The molecule has 1 N–H and O–H groups in total. The van der Waals surface area contributed by atoms with Crippen LogP contribution in [0.5, 0.6) is 0 Å². The summed E-state index contributed by atoms with van der Waals surface area (Å²) in [5.74, 6) is 0.575. The highest BCUT2D eigenvalue weighted by Gasteiger charge is 2.02. The minimum atomic E-state index is 0. The van der Waals surface area contributed by atoms with E-state index >= 15 is 0 Å². The Hall–Kier alpha value is -1.24. The topological polar surface area (TPSA) is 12.0 Å². The lowest BCUT2D eigenvalue weighted by molar-refractivity contribution is 0.867. The highest BCUT2D eigenvalue weighted by Crippen LogP contribution is 2.23. The lowest BCUT2D eigenvalue weighted by atomic mass is 10.0. The molecule has 0 amide bonds. The van der Waals surface area contributed by atoms with E-state index in [9.17, 15) is 0 Å². The Kier molecular flexibility index (Phi) is 3.13. The van der Waals surface area contributed by atoms with Gasteiger partial charge in [-0.15, -0.1) is 0 Å². The summed E-state index contributed by atoms with van der Waals surface area (Å²) < 4.78 is 0. The molecule has 0 aliphatic rings. The largest absolute Gasteiger partial charge is 0.388 e. The van der Waals surface area contributed by atoms with Crippen LogP contribution in [0.4, 0.5) is 5.69 Å². The molecule has 0 saturated carbocycles. The van der Waals surface area contributed by atoms with Crippen LogP contribution in [-0.4, -0.2) is 7.05 Å². The minimum absolute atomic E-state index is 0. The van der Waals surface area contributed by atoms with Gasteiger partial charge in [0.15, 0.2) is 0 Å². The van der Waals surface area contributed by atoms with Gasteiger partial charge >= 0.3 is 0 Å². The summed E-state index contributed by atoms with van der Waals surface area (Å²) in [7, 11) is 1.94. The standard InChI is InChI=1S/C12H17N.H2/c1-5-10-6-7-11(9(2)3)8-12(10)13-4;/h5-9,13H,1H2,2-4H3;1H. The molecule has 1 aromatic carbocycles. The van der Waals surface area contributed by atoms with Crippen LogP contribution in [-0.2, 0) is 0 Å². The van der Waals surface area contributed by atoms with E-state index in [0.29, 0.717) is 5.92 Å². The number of nitrogens with one attached hydrogen (secondary N) is 1. The maximum absolute atomic E-state index is 3.77. The Labute approximate surface area is 82.0 Å². The molecule has 1 nitrogen and oxygen atoms in total. The summed E-state index contributed by atoms with van der Waals surface area (Å²) in [5, 5.41) is 3.17. The third-order valence-corrected chi connectivity index (χ3v) is 2.23. The Morgan fingerprint density at radius 1 is 1.46 bits per heavy atom. The van der Waals surface area contributed by atoms with Gasteiger partial charge in [-0.05, 0) is 23.1 Å². The van der Waals surface area contributed by atoms with Gasteiger partial charge in [0, 0.05) is 14.2 Å². The van der Waals surface area contributed by atoms with Gasteiger partial charge in [-0.3, -0.25) is 0 Å². The number of benzene rings is 1. The summed E-state index contributed by atoms with van der Waals surface area (Å²) in [6.07, 6.45) is 1.87. The second-order valence-electron chi connectivity index (χ2n) is 3.46. The first-order valence-electron chi connectivity index (χ1n) is 4.63. The zero-order valence-electron chi connectivity index (χ0n) is 8.59. The Balaban J connectivity index is 0.00000169. The molecular formula is C12H19N. The summed E-state index contributed by atoms with van der Waals surface area (Å²) >= 11 is 0. The van der Waals surface area contributed by atoms with E-state index in [-0.39, 0.29) is 1.43 Å². The molecule has 0 fully saturated rings. The SMILES string of the molecule is C=Cc1ccc(C(C)C)cc1NC.[HH]. The van der Waals surface area contributed by atoms with E-state index in [2.05, 4.69) is 43.9 Å². The third kappa shape index (κ3) is 2.11. The van der Waals surface area contributed by atoms with Crippen LogP contribution < -0.4 is 5.32 Å². The number of rotatable bonds is 3. The average Bonchev–Trinajstić information content (AvgIpc) is 2.16. The lowest BCUT2D eigenvalue weighted by Gasteiger charge is -2.10. The van der Waals surface area contributed by atoms with Gasteiger partial charge < -0.3 is 5.32 Å². The predicted molar refractivity (Wildman–Crippen MR) is 62.3 cm³/mol. The van der Waals surface area contributed by atoms with Gasteiger partial charge in [0.2, 0.25) is 0 Å².